The highest BCUT2D eigenvalue weighted by Gasteiger charge is 2.14. The zero-order valence-electron chi connectivity index (χ0n) is 7.84. The van der Waals surface area contributed by atoms with E-state index in [0.29, 0.717) is 12.3 Å². The molecule has 0 aliphatic carbocycles. The van der Waals surface area contributed by atoms with Gasteiger partial charge in [0.15, 0.2) is 0 Å². The van der Waals surface area contributed by atoms with E-state index in [4.69, 9.17) is 5.73 Å². The summed E-state index contributed by atoms with van der Waals surface area (Å²) in [6.07, 6.45) is 3.97. The molecule has 3 heterocycles. The molecule has 0 unspecified atom stereocenters. The number of aromatic nitrogens is 1. The number of fused-ring (bicyclic) bond motifs is 3. The minimum atomic E-state index is 0.601. The average molecular weight is 216 g/mol. The largest absolute Gasteiger partial charge is 0.387 e. The molecular formula is C10H8N4S. The lowest BCUT2D eigenvalue weighted by molar-refractivity contribution is 1.36. The SMILES string of the molecule is NC1=NC=Nc2c(sc3ncccc23)C1. The van der Waals surface area contributed by atoms with Gasteiger partial charge in [-0.1, -0.05) is 0 Å². The van der Waals surface area contributed by atoms with Crippen molar-refractivity contribution >= 4 is 39.4 Å². The molecule has 0 aromatic carbocycles. The van der Waals surface area contributed by atoms with Crippen LogP contribution in [0.5, 0.6) is 0 Å². The highest BCUT2D eigenvalue weighted by atomic mass is 32.1. The van der Waals surface area contributed by atoms with Gasteiger partial charge in [0.1, 0.15) is 17.0 Å². The molecule has 1 aliphatic heterocycles. The maximum absolute atomic E-state index is 5.72. The van der Waals surface area contributed by atoms with Gasteiger partial charge in [-0.2, -0.15) is 0 Å². The Balaban J connectivity index is 2.31. The van der Waals surface area contributed by atoms with Gasteiger partial charge < -0.3 is 5.73 Å². The second-order valence-electron chi connectivity index (χ2n) is 3.27. The Morgan fingerprint density at radius 1 is 1.40 bits per heavy atom. The van der Waals surface area contributed by atoms with Crippen LogP contribution in [0.1, 0.15) is 4.88 Å². The smallest absolute Gasteiger partial charge is 0.125 e. The van der Waals surface area contributed by atoms with Crippen LogP contribution in [0.25, 0.3) is 10.2 Å². The summed E-state index contributed by atoms with van der Waals surface area (Å²) < 4.78 is 0. The summed E-state index contributed by atoms with van der Waals surface area (Å²) in [5.41, 5.74) is 6.68. The number of thiophene rings is 1. The van der Waals surface area contributed by atoms with Crippen molar-refractivity contribution in [1.82, 2.24) is 4.98 Å². The number of hydrogen-bond donors (Lipinski definition) is 1. The number of nitrogens with zero attached hydrogens (tertiary/aromatic N) is 3. The summed E-state index contributed by atoms with van der Waals surface area (Å²) in [7, 11) is 0. The normalized spacial score (nSPS) is 14.8. The maximum atomic E-state index is 5.72. The van der Waals surface area contributed by atoms with Crippen LogP contribution in [0, 0.1) is 0 Å². The Morgan fingerprint density at radius 3 is 3.27 bits per heavy atom. The van der Waals surface area contributed by atoms with Gasteiger partial charge >= 0.3 is 0 Å². The van der Waals surface area contributed by atoms with E-state index in [-0.39, 0.29) is 0 Å². The summed E-state index contributed by atoms with van der Waals surface area (Å²) in [6, 6.07) is 3.94. The van der Waals surface area contributed by atoms with Gasteiger partial charge in [-0.25, -0.2) is 15.0 Å². The second kappa shape index (κ2) is 3.13. The van der Waals surface area contributed by atoms with Gasteiger partial charge in [0.05, 0.1) is 5.69 Å². The third-order valence-electron chi connectivity index (χ3n) is 2.26. The van der Waals surface area contributed by atoms with Crippen molar-refractivity contribution in [3.05, 3.63) is 23.2 Å². The maximum Gasteiger partial charge on any atom is 0.125 e. The molecule has 5 heteroatoms. The van der Waals surface area contributed by atoms with E-state index in [1.807, 2.05) is 12.1 Å². The van der Waals surface area contributed by atoms with Crippen LogP contribution in [0.4, 0.5) is 5.69 Å². The molecule has 3 rings (SSSR count). The molecule has 1 aliphatic rings. The summed E-state index contributed by atoms with van der Waals surface area (Å²) in [5.74, 6) is 0.601. The monoisotopic (exact) mass is 216 g/mol. The van der Waals surface area contributed by atoms with Gasteiger partial charge in [0, 0.05) is 22.9 Å². The molecule has 0 saturated carbocycles. The number of nitrogens with two attached hydrogens (primary N) is 1. The van der Waals surface area contributed by atoms with Crippen LogP contribution in [0.2, 0.25) is 0 Å². The van der Waals surface area contributed by atoms with Gasteiger partial charge in [-0.3, -0.25) is 0 Å². The van der Waals surface area contributed by atoms with E-state index in [0.717, 1.165) is 20.8 Å². The molecule has 0 spiro atoms. The van der Waals surface area contributed by atoms with Crippen molar-refractivity contribution < 1.29 is 0 Å². The lowest BCUT2D eigenvalue weighted by Gasteiger charge is -1.93. The molecule has 0 radical (unpaired) electrons. The molecule has 0 amide bonds. The molecular weight excluding hydrogens is 208 g/mol. The Kier molecular flexibility index (Phi) is 1.78. The first-order chi connectivity index (χ1) is 7.34. The van der Waals surface area contributed by atoms with Crippen molar-refractivity contribution in [3.63, 3.8) is 0 Å². The lowest BCUT2D eigenvalue weighted by atomic mass is 10.2. The molecule has 0 fully saturated rings. The van der Waals surface area contributed by atoms with E-state index in [1.54, 1.807) is 17.5 Å². The fourth-order valence-electron chi connectivity index (χ4n) is 1.60. The predicted octanol–water partition coefficient (Wildman–Crippen LogP) is 1.87. The second-order valence-corrected chi connectivity index (χ2v) is 4.36. The number of rotatable bonds is 0. The highest BCUT2D eigenvalue weighted by Crippen LogP contribution is 2.37. The molecule has 0 saturated heterocycles. The molecule has 4 nitrogen and oxygen atoms in total. The molecule has 0 atom stereocenters. The number of pyridine rings is 1. The molecule has 0 bridgehead atoms. The number of hydrogen-bond acceptors (Lipinski definition) is 5. The standard InChI is InChI=1S/C10H8N4S/c11-8-4-7-9(14-5-13-8)6-2-1-3-12-10(6)15-7/h1-3,5H,4H2,(H2,11,13,14). The Labute approximate surface area is 90.2 Å². The Hall–Kier alpha value is -1.75. The van der Waals surface area contributed by atoms with E-state index in [2.05, 4.69) is 15.0 Å². The van der Waals surface area contributed by atoms with Crippen molar-refractivity contribution in [1.29, 1.82) is 0 Å². The number of aliphatic imine (C=N–C) groups is 2. The van der Waals surface area contributed by atoms with Crippen molar-refractivity contribution in [2.45, 2.75) is 6.42 Å². The van der Waals surface area contributed by atoms with E-state index < -0.39 is 0 Å². The van der Waals surface area contributed by atoms with Crippen LogP contribution in [0.15, 0.2) is 28.3 Å². The van der Waals surface area contributed by atoms with Gasteiger partial charge in [-0.15, -0.1) is 11.3 Å². The quantitative estimate of drug-likeness (QED) is 0.730. The lowest BCUT2D eigenvalue weighted by Crippen LogP contribution is -2.13. The molecule has 15 heavy (non-hydrogen) atoms. The summed E-state index contributed by atoms with van der Waals surface area (Å²) in [5, 5.41) is 1.08. The first-order valence-electron chi connectivity index (χ1n) is 4.55. The van der Waals surface area contributed by atoms with Crippen molar-refractivity contribution in [2.24, 2.45) is 15.7 Å². The van der Waals surface area contributed by atoms with Gasteiger partial charge in [0.2, 0.25) is 0 Å². The van der Waals surface area contributed by atoms with Gasteiger partial charge in [-0.05, 0) is 12.1 Å². The third kappa shape index (κ3) is 1.32. The topological polar surface area (TPSA) is 63.6 Å². The minimum absolute atomic E-state index is 0.601. The molecule has 74 valence electrons. The first-order valence-corrected chi connectivity index (χ1v) is 5.37. The first kappa shape index (κ1) is 8.55. The van der Waals surface area contributed by atoms with E-state index >= 15 is 0 Å². The fraction of sp³-hybridized carbons (Fsp3) is 0.100. The highest BCUT2D eigenvalue weighted by molar-refractivity contribution is 7.19. The summed E-state index contributed by atoms with van der Waals surface area (Å²) in [6.45, 7) is 0. The van der Waals surface area contributed by atoms with Crippen LogP contribution in [-0.4, -0.2) is 17.2 Å². The van der Waals surface area contributed by atoms with Gasteiger partial charge in [0.25, 0.3) is 0 Å². The Morgan fingerprint density at radius 2 is 2.33 bits per heavy atom. The van der Waals surface area contributed by atoms with Crippen molar-refractivity contribution in [2.75, 3.05) is 0 Å². The van der Waals surface area contributed by atoms with E-state index in [1.165, 1.54) is 6.34 Å². The predicted molar refractivity (Wildman–Crippen MR) is 63.1 cm³/mol. The molecule has 2 N–H and O–H groups in total. The number of amidine groups is 1. The summed E-state index contributed by atoms with van der Waals surface area (Å²) in [4.78, 5) is 14.8. The Bertz CT molecular complexity index is 582. The molecule has 2 aromatic heterocycles. The third-order valence-corrected chi connectivity index (χ3v) is 3.37. The van der Waals surface area contributed by atoms with Crippen LogP contribution in [-0.2, 0) is 6.42 Å². The van der Waals surface area contributed by atoms with Crippen molar-refractivity contribution in [3.8, 4) is 0 Å². The van der Waals surface area contributed by atoms with E-state index in [9.17, 15) is 0 Å². The zero-order chi connectivity index (χ0) is 10.3. The zero-order valence-corrected chi connectivity index (χ0v) is 8.66. The molecule has 2 aromatic rings. The fourth-order valence-corrected chi connectivity index (χ4v) is 2.70. The summed E-state index contributed by atoms with van der Waals surface area (Å²) >= 11 is 1.63. The van der Waals surface area contributed by atoms with Crippen LogP contribution < -0.4 is 5.73 Å². The van der Waals surface area contributed by atoms with Crippen LogP contribution >= 0.6 is 11.3 Å². The van der Waals surface area contributed by atoms with Crippen LogP contribution in [0.3, 0.4) is 0 Å². The minimum Gasteiger partial charge on any atom is -0.387 e. The average Bonchev–Trinajstić information content (AvgIpc) is 2.46.